The lowest BCUT2D eigenvalue weighted by molar-refractivity contribution is -0.286. The normalized spacial score (nSPS) is 25.1. The number of carbonyl (C=O) groups is 2. The molecule has 2 N–H and O–H groups in total. The smallest absolute Gasteiger partial charge is 0.481 e. The summed E-state index contributed by atoms with van der Waals surface area (Å²) in [6.07, 6.45) is -3.43. The van der Waals surface area contributed by atoms with Gasteiger partial charge in [0, 0.05) is 11.8 Å². The van der Waals surface area contributed by atoms with Crippen LogP contribution in [-0.2, 0) is 9.59 Å². The average Bonchev–Trinajstić information content (AvgIpc) is 3.07. The number of alkyl halides is 2. The quantitative estimate of drug-likeness (QED) is 0.882. The zero-order valence-corrected chi connectivity index (χ0v) is 9.93. The lowest BCUT2D eigenvalue weighted by Crippen LogP contribution is -2.25. The Hall–Kier alpha value is -2.38. The van der Waals surface area contributed by atoms with Crippen molar-refractivity contribution in [3.8, 4) is 11.5 Å². The lowest BCUT2D eigenvalue weighted by Gasteiger charge is -2.05. The van der Waals surface area contributed by atoms with Gasteiger partial charge in [0.25, 0.3) is 0 Å². The largest absolute Gasteiger partial charge is 0.586 e. The third-order valence-electron chi connectivity index (χ3n) is 3.11. The second-order valence-electron chi connectivity index (χ2n) is 4.61. The van der Waals surface area contributed by atoms with Crippen LogP contribution in [0.25, 0.3) is 0 Å². The van der Waals surface area contributed by atoms with Crippen LogP contribution in [-0.4, -0.2) is 23.3 Å². The second-order valence-corrected chi connectivity index (χ2v) is 4.61. The number of halogens is 2. The number of ether oxygens (including phenoxy) is 2. The summed E-state index contributed by atoms with van der Waals surface area (Å²) < 4.78 is 34.1. The third-order valence-corrected chi connectivity index (χ3v) is 3.11. The molecule has 1 aliphatic carbocycles. The molecule has 8 heteroatoms. The molecular weight excluding hydrogens is 276 g/mol. The molecular formula is C12H9F2NO5. The van der Waals surface area contributed by atoms with Crippen LogP contribution in [0.5, 0.6) is 11.5 Å². The summed E-state index contributed by atoms with van der Waals surface area (Å²) >= 11 is 0. The zero-order valence-electron chi connectivity index (χ0n) is 9.93. The Bertz CT molecular complexity index is 604. The number of hydrogen-bond donors (Lipinski definition) is 2. The Balaban J connectivity index is 1.68. The van der Waals surface area contributed by atoms with E-state index in [2.05, 4.69) is 14.8 Å². The minimum absolute atomic E-state index is 0.122. The molecule has 1 amide bonds. The molecule has 1 aromatic carbocycles. The van der Waals surface area contributed by atoms with Crippen molar-refractivity contribution in [1.29, 1.82) is 0 Å². The fourth-order valence-corrected chi connectivity index (χ4v) is 2.02. The number of amides is 1. The van der Waals surface area contributed by atoms with Crippen molar-refractivity contribution in [2.75, 3.05) is 5.32 Å². The van der Waals surface area contributed by atoms with Crippen molar-refractivity contribution in [3.05, 3.63) is 18.2 Å². The molecule has 1 saturated carbocycles. The molecule has 1 fully saturated rings. The SMILES string of the molecule is O=C(O)[C@H]1C[C@H]1C(=O)Nc1ccc2c(c1)OC(F)(F)O2. The molecule has 0 unspecified atom stereocenters. The van der Waals surface area contributed by atoms with Crippen molar-refractivity contribution in [3.63, 3.8) is 0 Å². The highest BCUT2D eigenvalue weighted by atomic mass is 19.3. The number of carbonyl (C=O) groups excluding carboxylic acids is 1. The fraction of sp³-hybridized carbons (Fsp3) is 0.333. The molecule has 1 heterocycles. The standard InChI is InChI=1S/C12H9F2NO5/c13-12(14)19-8-2-1-5(3-9(8)20-12)15-10(16)6-4-7(6)11(17)18/h1-3,6-7H,4H2,(H,15,16)(H,17,18)/t6-,7+/m1/s1. The van der Waals surface area contributed by atoms with Crippen molar-refractivity contribution < 1.29 is 33.0 Å². The Morgan fingerprint density at radius 1 is 1.25 bits per heavy atom. The lowest BCUT2D eigenvalue weighted by atomic mass is 10.2. The highest BCUT2D eigenvalue weighted by molar-refractivity contribution is 5.98. The molecule has 0 spiro atoms. The summed E-state index contributed by atoms with van der Waals surface area (Å²) in [6.45, 7) is 0. The van der Waals surface area contributed by atoms with Gasteiger partial charge in [0.1, 0.15) is 0 Å². The molecule has 3 rings (SSSR count). The second kappa shape index (κ2) is 4.06. The van der Waals surface area contributed by atoms with Gasteiger partial charge >= 0.3 is 12.3 Å². The van der Waals surface area contributed by atoms with E-state index < -0.39 is 30.0 Å². The Labute approximate surface area is 111 Å². The summed E-state index contributed by atoms with van der Waals surface area (Å²) in [5, 5.41) is 11.2. The van der Waals surface area contributed by atoms with Crippen molar-refractivity contribution in [2.24, 2.45) is 11.8 Å². The van der Waals surface area contributed by atoms with Crippen molar-refractivity contribution in [2.45, 2.75) is 12.7 Å². The van der Waals surface area contributed by atoms with Crippen molar-refractivity contribution >= 4 is 17.6 Å². The van der Waals surface area contributed by atoms with Gasteiger partial charge < -0.3 is 19.9 Å². The van der Waals surface area contributed by atoms with Crippen LogP contribution in [0.3, 0.4) is 0 Å². The van der Waals surface area contributed by atoms with E-state index in [1.807, 2.05) is 0 Å². The van der Waals surface area contributed by atoms with E-state index in [9.17, 15) is 18.4 Å². The summed E-state index contributed by atoms with van der Waals surface area (Å²) in [7, 11) is 0. The van der Waals surface area contributed by atoms with Gasteiger partial charge in [-0.25, -0.2) is 0 Å². The van der Waals surface area contributed by atoms with Gasteiger partial charge in [-0.2, -0.15) is 0 Å². The minimum Gasteiger partial charge on any atom is -0.481 e. The summed E-state index contributed by atoms with van der Waals surface area (Å²) in [5.74, 6) is -3.03. The van der Waals surface area contributed by atoms with Crippen molar-refractivity contribution in [1.82, 2.24) is 0 Å². The maximum atomic E-state index is 12.8. The molecule has 1 aromatic rings. The molecule has 0 bridgehead atoms. The van der Waals surface area contributed by atoms with Crippen LogP contribution in [0.4, 0.5) is 14.5 Å². The van der Waals surface area contributed by atoms with Crippen LogP contribution in [0.15, 0.2) is 18.2 Å². The third kappa shape index (κ3) is 2.24. The zero-order chi connectivity index (χ0) is 14.5. The molecule has 2 aliphatic rings. The van der Waals surface area contributed by atoms with E-state index >= 15 is 0 Å². The Morgan fingerprint density at radius 3 is 2.60 bits per heavy atom. The van der Waals surface area contributed by atoms with E-state index in [1.54, 1.807) is 0 Å². The van der Waals surface area contributed by atoms with Crippen LogP contribution in [0, 0.1) is 11.8 Å². The van der Waals surface area contributed by atoms with Gasteiger partial charge in [0.05, 0.1) is 11.8 Å². The first-order valence-corrected chi connectivity index (χ1v) is 5.79. The maximum absolute atomic E-state index is 12.8. The highest BCUT2D eigenvalue weighted by Crippen LogP contribution is 2.43. The molecule has 0 saturated heterocycles. The maximum Gasteiger partial charge on any atom is 0.586 e. The number of aliphatic carboxylic acids is 1. The average molecular weight is 285 g/mol. The molecule has 6 nitrogen and oxygen atoms in total. The number of rotatable bonds is 3. The number of carboxylic acids is 1. The number of benzene rings is 1. The van der Waals surface area contributed by atoms with E-state index in [-0.39, 0.29) is 23.6 Å². The first-order valence-electron chi connectivity index (χ1n) is 5.79. The van der Waals surface area contributed by atoms with Gasteiger partial charge in [0.2, 0.25) is 5.91 Å². The monoisotopic (exact) mass is 285 g/mol. The van der Waals surface area contributed by atoms with E-state index in [0.717, 1.165) is 0 Å². The van der Waals surface area contributed by atoms with Gasteiger partial charge in [-0.1, -0.05) is 0 Å². The number of nitrogens with one attached hydrogen (secondary N) is 1. The number of anilines is 1. The number of hydrogen-bond acceptors (Lipinski definition) is 4. The Morgan fingerprint density at radius 2 is 1.95 bits per heavy atom. The fourth-order valence-electron chi connectivity index (χ4n) is 2.02. The minimum atomic E-state index is -3.71. The summed E-state index contributed by atoms with van der Waals surface area (Å²) in [4.78, 5) is 22.4. The topological polar surface area (TPSA) is 84.9 Å². The van der Waals surface area contributed by atoms with Crippen LogP contribution in [0.2, 0.25) is 0 Å². The van der Waals surface area contributed by atoms with Crippen LogP contribution < -0.4 is 14.8 Å². The van der Waals surface area contributed by atoms with Gasteiger partial charge in [-0.05, 0) is 18.6 Å². The highest BCUT2D eigenvalue weighted by Gasteiger charge is 2.48. The van der Waals surface area contributed by atoms with E-state index in [1.165, 1.54) is 18.2 Å². The molecule has 20 heavy (non-hydrogen) atoms. The molecule has 1 aliphatic heterocycles. The molecule has 106 valence electrons. The molecule has 0 radical (unpaired) electrons. The molecule has 0 aromatic heterocycles. The van der Waals surface area contributed by atoms with Crippen LogP contribution in [0.1, 0.15) is 6.42 Å². The summed E-state index contributed by atoms with van der Waals surface area (Å²) in [6, 6.07) is 3.82. The van der Waals surface area contributed by atoms with Gasteiger partial charge in [-0.15, -0.1) is 8.78 Å². The summed E-state index contributed by atoms with van der Waals surface area (Å²) in [5.41, 5.74) is 0.242. The molecule has 2 atom stereocenters. The predicted octanol–water partition coefficient (Wildman–Crippen LogP) is 1.67. The van der Waals surface area contributed by atoms with Gasteiger partial charge in [0.15, 0.2) is 11.5 Å². The Kier molecular flexibility index (Phi) is 2.56. The number of fused-ring (bicyclic) bond motifs is 1. The predicted molar refractivity (Wildman–Crippen MR) is 60.5 cm³/mol. The van der Waals surface area contributed by atoms with E-state index in [4.69, 9.17) is 5.11 Å². The van der Waals surface area contributed by atoms with E-state index in [0.29, 0.717) is 0 Å². The first kappa shape index (κ1) is 12.6. The first-order chi connectivity index (χ1) is 9.35. The van der Waals surface area contributed by atoms with Crippen LogP contribution >= 0.6 is 0 Å². The van der Waals surface area contributed by atoms with Gasteiger partial charge in [-0.3, -0.25) is 9.59 Å². The number of carboxylic acid groups (broad SMARTS) is 1.